The average Bonchev–Trinajstić information content (AvgIpc) is 3.01. The Morgan fingerprint density at radius 2 is 2.05 bits per heavy atom. The van der Waals surface area contributed by atoms with Crippen LogP contribution < -0.4 is 10.5 Å². The summed E-state index contributed by atoms with van der Waals surface area (Å²) in [6, 6.07) is 6.41. The minimum Gasteiger partial charge on any atom is -0.494 e. The molecule has 0 saturated carbocycles. The summed E-state index contributed by atoms with van der Waals surface area (Å²) < 4.78 is 20.6. The van der Waals surface area contributed by atoms with Gasteiger partial charge in [-0.3, -0.25) is 0 Å². The number of nitrogens with zero attached hydrogens (tertiary/aromatic N) is 5. The van der Waals surface area contributed by atoms with E-state index < -0.39 is 5.82 Å². The minimum absolute atomic E-state index is 0.0206. The molecule has 0 unspecified atom stereocenters. The number of nitrogens with two attached hydrogens (primary N) is 1. The lowest BCUT2D eigenvalue weighted by atomic mass is 10.2. The van der Waals surface area contributed by atoms with Gasteiger partial charge < -0.3 is 10.5 Å². The first-order chi connectivity index (χ1) is 10.2. The van der Waals surface area contributed by atoms with E-state index in [-0.39, 0.29) is 29.0 Å². The molecule has 0 aliphatic carbocycles. The van der Waals surface area contributed by atoms with Crippen molar-refractivity contribution < 1.29 is 9.13 Å². The summed E-state index contributed by atoms with van der Waals surface area (Å²) in [6.45, 7) is 0. The lowest BCUT2D eigenvalue weighted by Gasteiger charge is -2.08. The molecule has 0 aliphatic rings. The Bertz CT molecular complexity index is 774. The van der Waals surface area contributed by atoms with E-state index in [0.29, 0.717) is 0 Å². The van der Waals surface area contributed by atoms with E-state index in [1.807, 2.05) is 0 Å². The maximum absolute atomic E-state index is 14.3. The van der Waals surface area contributed by atoms with Crippen LogP contribution in [0.5, 0.6) is 5.75 Å². The van der Waals surface area contributed by atoms with Gasteiger partial charge in [-0.05, 0) is 18.2 Å². The Morgan fingerprint density at radius 3 is 2.76 bits per heavy atom. The molecule has 0 bridgehead atoms. The summed E-state index contributed by atoms with van der Waals surface area (Å²) in [5.74, 6) is -0.147. The van der Waals surface area contributed by atoms with Gasteiger partial charge in [0.1, 0.15) is 0 Å². The summed E-state index contributed by atoms with van der Waals surface area (Å²) in [4.78, 5) is 12.1. The Labute approximate surface area is 119 Å². The van der Waals surface area contributed by atoms with Gasteiger partial charge in [-0.25, -0.2) is 9.07 Å². The van der Waals surface area contributed by atoms with Gasteiger partial charge >= 0.3 is 0 Å². The van der Waals surface area contributed by atoms with Gasteiger partial charge in [-0.15, -0.1) is 0 Å². The number of hydrogen-bond acceptors (Lipinski definition) is 6. The molecule has 3 aromatic rings. The largest absolute Gasteiger partial charge is 0.494 e. The zero-order chi connectivity index (χ0) is 14.8. The van der Waals surface area contributed by atoms with Crippen LogP contribution in [0.15, 0.2) is 36.7 Å². The van der Waals surface area contributed by atoms with Crippen LogP contribution in [-0.2, 0) is 0 Å². The number of hydrogen-bond donors (Lipinski definition) is 1. The van der Waals surface area contributed by atoms with Crippen molar-refractivity contribution in [2.45, 2.75) is 0 Å². The molecule has 8 heteroatoms. The SMILES string of the molecule is COc1cccc(-c2nc(N)nc(-n3cccn3)n2)c1F. The lowest BCUT2D eigenvalue weighted by molar-refractivity contribution is 0.387. The first-order valence-corrected chi connectivity index (χ1v) is 6.03. The summed E-state index contributed by atoms with van der Waals surface area (Å²) >= 11 is 0. The van der Waals surface area contributed by atoms with Gasteiger partial charge in [0, 0.05) is 12.4 Å². The highest BCUT2D eigenvalue weighted by atomic mass is 19.1. The van der Waals surface area contributed by atoms with E-state index in [1.165, 1.54) is 17.9 Å². The van der Waals surface area contributed by atoms with Gasteiger partial charge in [-0.1, -0.05) is 6.07 Å². The molecule has 21 heavy (non-hydrogen) atoms. The molecular formula is C13H11FN6O. The number of ether oxygens (including phenoxy) is 1. The number of aromatic nitrogens is 5. The smallest absolute Gasteiger partial charge is 0.255 e. The number of benzene rings is 1. The molecule has 2 heterocycles. The third-order valence-electron chi connectivity index (χ3n) is 2.77. The second-order valence-corrected chi connectivity index (χ2v) is 4.09. The third-order valence-corrected chi connectivity index (χ3v) is 2.77. The standard InChI is InChI=1S/C13H11FN6O/c1-21-9-5-2-4-8(10(9)14)11-17-12(15)19-13(18-11)20-7-3-6-16-20/h2-7H,1H3,(H2,15,17,18,19). The van der Waals surface area contributed by atoms with E-state index in [0.717, 1.165) is 0 Å². The molecule has 106 valence electrons. The van der Waals surface area contributed by atoms with Gasteiger partial charge in [0.15, 0.2) is 17.4 Å². The van der Waals surface area contributed by atoms with Crippen LogP contribution in [-0.4, -0.2) is 31.8 Å². The molecule has 2 N–H and O–H groups in total. The first kappa shape index (κ1) is 13.0. The van der Waals surface area contributed by atoms with E-state index in [1.54, 1.807) is 30.6 Å². The van der Waals surface area contributed by atoms with Crippen LogP contribution in [0.4, 0.5) is 10.3 Å². The average molecular weight is 286 g/mol. The number of nitrogen functional groups attached to an aromatic ring is 1. The summed E-state index contributed by atoms with van der Waals surface area (Å²) in [7, 11) is 1.39. The summed E-state index contributed by atoms with van der Waals surface area (Å²) in [5.41, 5.74) is 5.84. The molecule has 0 spiro atoms. The van der Waals surface area contributed by atoms with E-state index in [9.17, 15) is 4.39 Å². The van der Waals surface area contributed by atoms with Crippen molar-refractivity contribution in [3.05, 3.63) is 42.5 Å². The number of halogens is 1. The van der Waals surface area contributed by atoms with Crippen LogP contribution >= 0.6 is 0 Å². The zero-order valence-electron chi connectivity index (χ0n) is 11.1. The predicted octanol–water partition coefficient (Wildman–Crippen LogP) is 1.45. The molecular weight excluding hydrogens is 275 g/mol. The van der Waals surface area contributed by atoms with Crippen LogP contribution in [0, 0.1) is 5.82 Å². The van der Waals surface area contributed by atoms with Gasteiger partial charge in [0.2, 0.25) is 5.95 Å². The second kappa shape index (κ2) is 5.16. The summed E-state index contributed by atoms with van der Waals surface area (Å²) in [5, 5.41) is 4.01. The van der Waals surface area contributed by atoms with Crippen molar-refractivity contribution in [1.29, 1.82) is 0 Å². The highest BCUT2D eigenvalue weighted by Crippen LogP contribution is 2.27. The predicted molar refractivity (Wildman–Crippen MR) is 73.3 cm³/mol. The van der Waals surface area contributed by atoms with Crippen molar-refractivity contribution in [1.82, 2.24) is 24.7 Å². The fourth-order valence-electron chi connectivity index (χ4n) is 1.83. The van der Waals surface area contributed by atoms with E-state index >= 15 is 0 Å². The van der Waals surface area contributed by atoms with Gasteiger partial charge in [0.25, 0.3) is 5.95 Å². The molecule has 0 amide bonds. The second-order valence-electron chi connectivity index (χ2n) is 4.09. The van der Waals surface area contributed by atoms with Crippen molar-refractivity contribution >= 4 is 5.95 Å². The highest BCUT2D eigenvalue weighted by molar-refractivity contribution is 5.60. The topological polar surface area (TPSA) is 91.7 Å². The molecule has 0 radical (unpaired) electrons. The molecule has 0 fully saturated rings. The molecule has 0 aliphatic heterocycles. The molecule has 3 rings (SSSR count). The molecule has 0 atom stereocenters. The van der Waals surface area contributed by atoms with E-state index in [2.05, 4.69) is 20.1 Å². The maximum atomic E-state index is 14.3. The van der Waals surface area contributed by atoms with Crippen LogP contribution in [0.2, 0.25) is 0 Å². The molecule has 0 saturated heterocycles. The lowest BCUT2D eigenvalue weighted by Crippen LogP contribution is -2.08. The summed E-state index contributed by atoms with van der Waals surface area (Å²) in [6.07, 6.45) is 3.23. The zero-order valence-corrected chi connectivity index (χ0v) is 11.1. The van der Waals surface area contributed by atoms with Gasteiger partial charge in [0.05, 0.1) is 12.7 Å². The van der Waals surface area contributed by atoms with Crippen LogP contribution in [0.3, 0.4) is 0 Å². The first-order valence-electron chi connectivity index (χ1n) is 6.03. The van der Waals surface area contributed by atoms with Crippen molar-refractivity contribution in [3.8, 4) is 23.1 Å². The fourth-order valence-corrected chi connectivity index (χ4v) is 1.83. The fraction of sp³-hybridized carbons (Fsp3) is 0.0769. The molecule has 1 aromatic carbocycles. The molecule has 2 aromatic heterocycles. The van der Waals surface area contributed by atoms with Crippen molar-refractivity contribution in [3.63, 3.8) is 0 Å². The monoisotopic (exact) mass is 286 g/mol. The Morgan fingerprint density at radius 1 is 1.19 bits per heavy atom. The quantitative estimate of drug-likeness (QED) is 0.783. The molecule has 7 nitrogen and oxygen atoms in total. The van der Waals surface area contributed by atoms with Crippen LogP contribution in [0.1, 0.15) is 0 Å². The van der Waals surface area contributed by atoms with Crippen LogP contribution in [0.25, 0.3) is 17.3 Å². The Kier molecular flexibility index (Phi) is 3.19. The number of methoxy groups -OCH3 is 1. The Balaban J connectivity index is 2.15. The third kappa shape index (κ3) is 2.38. The highest BCUT2D eigenvalue weighted by Gasteiger charge is 2.15. The maximum Gasteiger partial charge on any atom is 0.255 e. The van der Waals surface area contributed by atoms with E-state index in [4.69, 9.17) is 10.5 Å². The normalized spacial score (nSPS) is 10.6. The Hall–Kier alpha value is -3.03. The minimum atomic E-state index is -0.558. The van der Waals surface area contributed by atoms with Crippen molar-refractivity contribution in [2.24, 2.45) is 0 Å². The van der Waals surface area contributed by atoms with Crippen molar-refractivity contribution in [2.75, 3.05) is 12.8 Å². The number of rotatable bonds is 3. The number of anilines is 1. The van der Waals surface area contributed by atoms with Gasteiger partial charge in [-0.2, -0.15) is 20.1 Å².